The third-order valence-electron chi connectivity index (χ3n) is 2.58. The molecule has 3 N–H and O–H groups in total. The zero-order valence-electron chi connectivity index (χ0n) is 10.2. The predicted octanol–water partition coefficient (Wildman–Crippen LogP) is 1.96. The van der Waals surface area contributed by atoms with Gasteiger partial charge in [0.15, 0.2) is 5.82 Å². The van der Waals surface area contributed by atoms with E-state index in [2.05, 4.69) is 26.7 Å². The molecule has 1 heterocycles. The average Bonchev–Trinajstić information content (AvgIpc) is 2.86. The molecule has 0 fully saturated rings. The summed E-state index contributed by atoms with van der Waals surface area (Å²) >= 11 is 0. The van der Waals surface area contributed by atoms with Gasteiger partial charge in [-0.15, -0.1) is 0 Å². The predicted molar refractivity (Wildman–Crippen MR) is 73.4 cm³/mol. The minimum atomic E-state index is 0.385. The molecule has 0 bridgehead atoms. The van der Waals surface area contributed by atoms with Crippen molar-refractivity contribution in [2.45, 2.75) is 13.5 Å². The number of benzene rings is 1. The van der Waals surface area contributed by atoms with E-state index in [4.69, 9.17) is 5.73 Å². The summed E-state index contributed by atoms with van der Waals surface area (Å²) in [6.45, 7) is 6.01. The lowest BCUT2D eigenvalue weighted by Crippen LogP contribution is -2.14. The van der Waals surface area contributed by atoms with Gasteiger partial charge in [0.2, 0.25) is 0 Å². The molecule has 5 nitrogen and oxygen atoms in total. The summed E-state index contributed by atoms with van der Waals surface area (Å²) < 4.78 is 0. The lowest BCUT2D eigenvalue weighted by Gasteiger charge is -2.00. The average molecular weight is 241 g/mol. The van der Waals surface area contributed by atoms with Gasteiger partial charge >= 0.3 is 0 Å². The molecule has 2 aromatic rings. The molecular weight excluding hydrogens is 226 g/mol. The Hall–Kier alpha value is -2.43. The maximum absolute atomic E-state index is 5.88. The molecule has 1 aromatic carbocycles. The van der Waals surface area contributed by atoms with Gasteiger partial charge in [-0.1, -0.05) is 29.8 Å². The Morgan fingerprint density at radius 1 is 1.39 bits per heavy atom. The molecule has 0 aliphatic rings. The number of imidazole rings is 1. The van der Waals surface area contributed by atoms with Gasteiger partial charge in [0, 0.05) is 0 Å². The quantitative estimate of drug-likeness (QED) is 0.633. The van der Waals surface area contributed by atoms with Crippen molar-refractivity contribution in [3.05, 3.63) is 47.4 Å². The standard InChI is InChI=1S/C13H15N5/c1-9-3-5-10(6-4-9)7-16-12(14)11-13(15-2)18-8-17-11/h3-6,8H,2,7H2,1H3,(H2,14,16)(H,17,18). The summed E-state index contributed by atoms with van der Waals surface area (Å²) in [5.41, 5.74) is 8.83. The zero-order chi connectivity index (χ0) is 13.0. The molecule has 0 radical (unpaired) electrons. The van der Waals surface area contributed by atoms with E-state index < -0.39 is 0 Å². The molecule has 0 saturated heterocycles. The molecule has 0 atom stereocenters. The maximum Gasteiger partial charge on any atom is 0.180 e. The van der Waals surface area contributed by atoms with Crippen LogP contribution in [0.3, 0.4) is 0 Å². The van der Waals surface area contributed by atoms with Gasteiger partial charge < -0.3 is 10.7 Å². The van der Waals surface area contributed by atoms with E-state index in [-0.39, 0.29) is 0 Å². The lowest BCUT2D eigenvalue weighted by molar-refractivity contribution is 1.06. The van der Waals surface area contributed by atoms with Crippen LogP contribution >= 0.6 is 0 Å². The molecule has 2 rings (SSSR count). The van der Waals surface area contributed by atoms with Crippen molar-refractivity contribution < 1.29 is 0 Å². The van der Waals surface area contributed by atoms with Crippen LogP contribution in [0.15, 0.2) is 40.6 Å². The van der Waals surface area contributed by atoms with Crippen LogP contribution in [0.25, 0.3) is 0 Å². The molecule has 5 heteroatoms. The fraction of sp³-hybridized carbons (Fsp3) is 0.154. The largest absolute Gasteiger partial charge is 0.382 e. The van der Waals surface area contributed by atoms with E-state index in [0.717, 1.165) is 5.56 Å². The number of nitrogens with two attached hydrogens (primary N) is 1. The molecule has 1 aromatic heterocycles. The Labute approximate surface area is 106 Å². The van der Waals surface area contributed by atoms with Crippen LogP contribution in [-0.2, 0) is 6.54 Å². The van der Waals surface area contributed by atoms with E-state index in [0.29, 0.717) is 23.9 Å². The Morgan fingerprint density at radius 3 is 2.78 bits per heavy atom. The normalized spacial score (nSPS) is 11.5. The topological polar surface area (TPSA) is 79.4 Å². The Balaban J connectivity index is 2.14. The molecule has 0 saturated carbocycles. The first-order valence-electron chi connectivity index (χ1n) is 5.56. The van der Waals surface area contributed by atoms with Gasteiger partial charge in [-0.05, 0) is 19.2 Å². The van der Waals surface area contributed by atoms with Crippen LogP contribution in [0.5, 0.6) is 0 Å². The van der Waals surface area contributed by atoms with Crippen molar-refractivity contribution in [3.8, 4) is 0 Å². The first-order chi connectivity index (χ1) is 8.70. The minimum Gasteiger partial charge on any atom is -0.382 e. The number of aromatic nitrogens is 2. The van der Waals surface area contributed by atoms with E-state index in [1.54, 1.807) is 0 Å². The number of aliphatic imine (C=N–C) groups is 2. The minimum absolute atomic E-state index is 0.385. The number of nitrogens with zero attached hydrogens (tertiary/aromatic N) is 3. The number of aryl methyl sites for hydroxylation is 1. The number of hydrogen-bond acceptors (Lipinski definition) is 3. The first kappa shape index (κ1) is 12.0. The maximum atomic E-state index is 5.88. The third-order valence-corrected chi connectivity index (χ3v) is 2.58. The van der Waals surface area contributed by atoms with Crippen LogP contribution in [0.4, 0.5) is 5.82 Å². The lowest BCUT2D eigenvalue weighted by atomic mass is 10.1. The van der Waals surface area contributed by atoms with Crippen molar-refractivity contribution in [1.29, 1.82) is 0 Å². The Morgan fingerprint density at radius 2 is 2.11 bits per heavy atom. The Bertz CT molecular complexity index is 565. The van der Waals surface area contributed by atoms with Crippen LogP contribution in [-0.4, -0.2) is 22.5 Å². The van der Waals surface area contributed by atoms with Crippen molar-refractivity contribution in [3.63, 3.8) is 0 Å². The van der Waals surface area contributed by atoms with Gasteiger partial charge in [-0.3, -0.25) is 4.99 Å². The number of aromatic amines is 1. The summed E-state index contributed by atoms with van der Waals surface area (Å²) in [7, 11) is 0. The highest BCUT2D eigenvalue weighted by Gasteiger charge is 2.07. The fourth-order valence-corrected chi connectivity index (χ4v) is 1.54. The van der Waals surface area contributed by atoms with Crippen LogP contribution in [0.1, 0.15) is 16.8 Å². The molecule has 0 aliphatic carbocycles. The van der Waals surface area contributed by atoms with Crippen molar-refractivity contribution in [1.82, 2.24) is 9.97 Å². The molecular formula is C13H15N5. The van der Waals surface area contributed by atoms with E-state index in [1.807, 2.05) is 31.2 Å². The Kier molecular flexibility index (Phi) is 3.52. The highest BCUT2D eigenvalue weighted by molar-refractivity contribution is 5.99. The second-order valence-electron chi connectivity index (χ2n) is 3.95. The van der Waals surface area contributed by atoms with Gasteiger partial charge in [0.1, 0.15) is 11.5 Å². The SMILES string of the molecule is C=Nc1nc[nH]c1C(N)=NCc1ccc(C)cc1. The summed E-state index contributed by atoms with van der Waals surface area (Å²) in [4.78, 5) is 15.0. The number of rotatable bonds is 4. The summed E-state index contributed by atoms with van der Waals surface area (Å²) in [5.74, 6) is 0.857. The monoisotopic (exact) mass is 241 g/mol. The highest BCUT2D eigenvalue weighted by atomic mass is 15.0. The summed E-state index contributed by atoms with van der Waals surface area (Å²) in [6.07, 6.45) is 1.52. The van der Waals surface area contributed by atoms with E-state index >= 15 is 0 Å². The van der Waals surface area contributed by atoms with Gasteiger partial charge in [0.25, 0.3) is 0 Å². The van der Waals surface area contributed by atoms with E-state index in [1.165, 1.54) is 11.9 Å². The smallest absolute Gasteiger partial charge is 0.180 e. The summed E-state index contributed by atoms with van der Waals surface area (Å²) in [5, 5.41) is 0. The molecule has 18 heavy (non-hydrogen) atoms. The van der Waals surface area contributed by atoms with Crippen molar-refractivity contribution in [2.75, 3.05) is 0 Å². The second kappa shape index (κ2) is 5.27. The van der Waals surface area contributed by atoms with Gasteiger partial charge in [-0.2, -0.15) is 0 Å². The van der Waals surface area contributed by atoms with Gasteiger partial charge in [0.05, 0.1) is 12.9 Å². The molecule has 92 valence electrons. The molecule has 0 aliphatic heterocycles. The zero-order valence-corrected chi connectivity index (χ0v) is 10.2. The molecule has 0 unspecified atom stereocenters. The number of H-pyrrole nitrogens is 1. The van der Waals surface area contributed by atoms with E-state index in [9.17, 15) is 0 Å². The van der Waals surface area contributed by atoms with Crippen molar-refractivity contribution >= 4 is 18.4 Å². The number of amidine groups is 1. The number of hydrogen-bond donors (Lipinski definition) is 2. The van der Waals surface area contributed by atoms with Crippen LogP contribution in [0.2, 0.25) is 0 Å². The highest BCUT2D eigenvalue weighted by Crippen LogP contribution is 2.12. The fourth-order valence-electron chi connectivity index (χ4n) is 1.54. The van der Waals surface area contributed by atoms with Gasteiger partial charge in [-0.25, -0.2) is 9.98 Å². The van der Waals surface area contributed by atoms with Crippen LogP contribution in [0, 0.1) is 6.92 Å². The molecule has 0 amide bonds. The first-order valence-corrected chi connectivity index (χ1v) is 5.56. The second-order valence-corrected chi connectivity index (χ2v) is 3.95. The summed E-state index contributed by atoms with van der Waals surface area (Å²) in [6, 6.07) is 8.17. The third kappa shape index (κ3) is 2.63. The number of nitrogens with one attached hydrogen (secondary N) is 1. The van der Waals surface area contributed by atoms with Crippen LogP contribution < -0.4 is 5.73 Å². The molecule has 0 spiro atoms. The van der Waals surface area contributed by atoms with Crippen molar-refractivity contribution in [2.24, 2.45) is 15.7 Å².